The maximum absolute atomic E-state index is 12.5. The molecule has 0 radical (unpaired) electrons. The first-order valence-electron chi connectivity index (χ1n) is 7.75. The van der Waals surface area contributed by atoms with Crippen molar-refractivity contribution in [3.63, 3.8) is 0 Å². The van der Waals surface area contributed by atoms with Crippen LogP contribution in [0.3, 0.4) is 0 Å². The van der Waals surface area contributed by atoms with Crippen molar-refractivity contribution < 1.29 is 17.9 Å². The van der Waals surface area contributed by atoms with E-state index >= 15 is 0 Å². The predicted molar refractivity (Wildman–Crippen MR) is 94.0 cm³/mol. The third-order valence-corrected chi connectivity index (χ3v) is 7.47. The van der Waals surface area contributed by atoms with Gasteiger partial charge in [-0.25, -0.2) is 8.42 Å². The molecule has 10 heteroatoms. The highest BCUT2D eigenvalue weighted by Crippen LogP contribution is 2.25. The molecule has 3 heterocycles. The van der Waals surface area contributed by atoms with Gasteiger partial charge in [0.2, 0.25) is 5.91 Å². The third-order valence-electron chi connectivity index (χ3n) is 4.01. The number of sulfonamides is 1. The van der Waals surface area contributed by atoms with Gasteiger partial charge in [0.25, 0.3) is 10.0 Å². The highest BCUT2D eigenvalue weighted by molar-refractivity contribution is 7.91. The summed E-state index contributed by atoms with van der Waals surface area (Å²) in [6, 6.07) is 3.26. The van der Waals surface area contributed by atoms with Crippen LogP contribution in [-0.2, 0) is 26.1 Å². The van der Waals surface area contributed by atoms with Crippen molar-refractivity contribution in [3.05, 3.63) is 17.0 Å². The Morgan fingerprint density at radius 2 is 2.12 bits per heavy atom. The van der Waals surface area contributed by atoms with Gasteiger partial charge in [-0.2, -0.15) is 4.31 Å². The van der Waals surface area contributed by atoms with E-state index in [1.165, 1.54) is 15.6 Å². The topological polar surface area (TPSA) is 87.7 Å². The molecule has 1 aromatic heterocycles. The lowest BCUT2D eigenvalue weighted by atomic mass is 10.2. The van der Waals surface area contributed by atoms with Crippen molar-refractivity contribution in [3.8, 4) is 0 Å². The number of halogens is 1. The zero-order chi connectivity index (χ0) is 16.3. The van der Waals surface area contributed by atoms with E-state index in [0.29, 0.717) is 37.1 Å². The number of hydrogen-bond acceptors (Lipinski definition) is 6. The Kier molecular flexibility index (Phi) is 7.02. The van der Waals surface area contributed by atoms with Gasteiger partial charge in [0.15, 0.2) is 0 Å². The Bertz CT molecular complexity index is 653. The summed E-state index contributed by atoms with van der Waals surface area (Å²) in [5, 5.41) is 6.01. The number of morpholine rings is 1. The van der Waals surface area contributed by atoms with Crippen LogP contribution in [0.1, 0.15) is 17.7 Å². The van der Waals surface area contributed by atoms with E-state index in [1.54, 1.807) is 12.1 Å². The molecule has 0 saturated carbocycles. The van der Waals surface area contributed by atoms with Gasteiger partial charge in [-0.15, -0.1) is 23.7 Å². The zero-order valence-electron chi connectivity index (χ0n) is 13.2. The molecule has 2 aliphatic heterocycles. The molecule has 24 heavy (non-hydrogen) atoms. The number of thiophene rings is 1. The van der Waals surface area contributed by atoms with Gasteiger partial charge in [-0.3, -0.25) is 4.79 Å². The second-order valence-corrected chi connectivity index (χ2v) is 8.94. The van der Waals surface area contributed by atoms with Crippen molar-refractivity contribution in [2.24, 2.45) is 0 Å². The number of amides is 1. The van der Waals surface area contributed by atoms with Crippen LogP contribution in [0.15, 0.2) is 16.3 Å². The normalized spacial score (nSPS) is 22.1. The molecule has 2 N–H and O–H groups in total. The van der Waals surface area contributed by atoms with Crippen molar-refractivity contribution in [2.45, 2.75) is 29.6 Å². The molecule has 1 amide bonds. The van der Waals surface area contributed by atoms with E-state index < -0.39 is 10.0 Å². The molecule has 0 spiro atoms. The molecule has 0 aliphatic carbocycles. The molecular weight excluding hydrogens is 374 g/mol. The average molecular weight is 396 g/mol. The fraction of sp³-hybridized carbons (Fsp3) is 0.643. The summed E-state index contributed by atoms with van der Waals surface area (Å²) < 4.78 is 32.0. The van der Waals surface area contributed by atoms with Crippen LogP contribution in [0.4, 0.5) is 0 Å². The number of rotatable bonds is 5. The second-order valence-electron chi connectivity index (χ2n) is 5.60. The minimum atomic E-state index is -3.45. The number of hydrogen-bond donors (Lipinski definition) is 2. The lowest BCUT2D eigenvalue weighted by Gasteiger charge is -2.25. The molecule has 1 unspecified atom stereocenters. The SMILES string of the molecule is Cl.O=C(NCc1ccc(S(=O)(=O)N2CCOCC2)s1)C1CCCN1. The van der Waals surface area contributed by atoms with E-state index in [-0.39, 0.29) is 24.4 Å². The predicted octanol–water partition coefficient (Wildman–Crippen LogP) is 0.559. The minimum absolute atomic E-state index is 0. The Balaban J connectivity index is 0.00000208. The largest absolute Gasteiger partial charge is 0.379 e. The molecule has 0 aromatic carbocycles. The quantitative estimate of drug-likeness (QED) is 0.760. The van der Waals surface area contributed by atoms with Crippen LogP contribution in [0, 0.1) is 0 Å². The van der Waals surface area contributed by atoms with E-state index in [0.717, 1.165) is 24.3 Å². The molecule has 136 valence electrons. The molecule has 1 aromatic rings. The van der Waals surface area contributed by atoms with Crippen molar-refractivity contribution in [2.75, 3.05) is 32.8 Å². The lowest BCUT2D eigenvalue weighted by molar-refractivity contribution is -0.122. The monoisotopic (exact) mass is 395 g/mol. The Morgan fingerprint density at radius 3 is 2.79 bits per heavy atom. The van der Waals surface area contributed by atoms with Crippen LogP contribution < -0.4 is 10.6 Å². The molecule has 7 nitrogen and oxygen atoms in total. The summed E-state index contributed by atoms with van der Waals surface area (Å²) in [5.74, 6) is -0.0199. The molecule has 1 atom stereocenters. The van der Waals surface area contributed by atoms with Crippen LogP contribution in [0.5, 0.6) is 0 Å². The van der Waals surface area contributed by atoms with Gasteiger partial charge >= 0.3 is 0 Å². The Labute approximate surface area is 152 Å². The Morgan fingerprint density at radius 1 is 1.38 bits per heavy atom. The molecule has 0 bridgehead atoms. The maximum Gasteiger partial charge on any atom is 0.252 e. The number of carbonyl (C=O) groups excluding carboxylic acids is 1. The lowest BCUT2D eigenvalue weighted by Crippen LogP contribution is -2.40. The van der Waals surface area contributed by atoms with Gasteiger partial charge in [0, 0.05) is 18.0 Å². The first kappa shape index (κ1) is 19.6. The summed E-state index contributed by atoms with van der Waals surface area (Å²) in [6.45, 7) is 2.88. The fourth-order valence-corrected chi connectivity index (χ4v) is 5.57. The van der Waals surface area contributed by atoms with Gasteiger partial charge < -0.3 is 15.4 Å². The van der Waals surface area contributed by atoms with Crippen LogP contribution >= 0.6 is 23.7 Å². The zero-order valence-corrected chi connectivity index (χ0v) is 15.6. The second kappa shape index (κ2) is 8.59. The van der Waals surface area contributed by atoms with Gasteiger partial charge in [-0.1, -0.05) is 0 Å². The molecule has 2 aliphatic rings. The number of ether oxygens (including phenoxy) is 1. The van der Waals surface area contributed by atoms with E-state index in [2.05, 4.69) is 10.6 Å². The molecule has 3 rings (SSSR count). The first-order valence-corrected chi connectivity index (χ1v) is 10.0. The van der Waals surface area contributed by atoms with Crippen molar-refractivity contribution in [1.29, 1.82) is 0 Å². The summed E-state index contributed by atoms with van der Waals surface area (Å²) >= 11 is 1.21. The van der Waals surface area contributed by atoms with Crippen molar-refractivity contribution in [1.82, 2.24) is 14.9 Å². The van der Waals surface area contributed by atoms with Gasteiger partial charge in [-0.05, 0) is 31.5 Å². The molecular formula is C14H22ClN3O4S2. The Hall–Kier alpha value is -0.710. The number of nitrogens with one attached hydrogen (secondary N) is 2. The van der Waals surface area contributed by atoms with E-state index in [4.69, 9.17) is 4.74 Å². The highest BCUT2D eigenvalue weighted by Gasteiger charge is 2.28. The summed E-state index contributed by atoms with van der Waals surface area (Å²) in [5.41, 5.74) is 0. The van der Waals surface area contributed by atoms with Gasteiger partial charge in [0.1, 0.15) is 4.21 Å². The fourth-order valence-electron chi connectivity index (χ4n) is 2.71. The van der Waals surface area contributed by atoms with Crippen LogP contribution in [-0.4, -0.2) is 57.5 Å². The van der Waals surface area contributed by atoms with Crippen molar-refractivity contribution >= 4 is 39.7 Å². The highest BCUT2D eigenvalue weighted by atomic mass is 35.5. The van der Waals surface area contributed by atoms with E-state index in [9.17, 15) is 13.2 Å². The average Bonchev–Trinajstić information content (AvgIpc) is 3.25. The summed E-state index contributed by atoms with van der Waals surface area (Å²) in [4.78, 5) is 12.8. The van der Waals surface area contributed by atoms with Gasteiger partial charge in [0.05, 0.1) is 25.8 Å². The molecule has 2 fully saturated rings. The van der Waals surface area contributed by atoms with E-state index in [1.807, 2.05) is 0 Å². The number of carbonyl (C=O) groups is 1. The third kappa shape index (κ3) is 4.47. The smallest absolute Gasteiger partial charge is 0.252 e. The first-order chi connectivity index (χ1) is 11.1. The number of nitrogens with zero attached hydrogens (tertiary/aromatic N) is 1. The molecule has 2 saturated heterocycles. The summed E-state index contributed by atoms with van der Waals surface area (Å²) in [7, 11) is -3.45. The summed E-state index contributed by atoms with van der Waals surface area (Å²) in [6.07, 6.45) is 1.87. The van der Waals surface area contributed by atoms with Crippen LogP contribution in [0.25, 0.3) is 0 Å². The van der Waals surface area contributed by atoms with Crippen LogP contribution in [0.2, 0.25) is 0 Å². The maximum atomic E-state index is 12.5. The standard InChI is InChI=1S/C14H21N3O4S2.ClH/c18-14(12-2-1-5-15-12)16-10-11-3-4-13(22-11)23(19,20)17-6-8-21-9-7-17;/h3-4,12,15H,1-2,5-10H2,(H,16,18);1H. The minimum Gasteiger partial charge on any atom is -0.379 e.